The third-order valence-corrected chi connectivity index (χ3v) is 5.39. The number of hydrogen-bond donors (Lipinski definition) is 0. The van der Waals surface area contributed by atoms with Crippen molar-refractivity contribution < 1.29 is 8.78 Å². The first-order valence-corrected chi connectivity index (χ1v) is 9.42. The molecule has 1 heterocycles. The van der Waals surface area contributed by atoms with Crippen molar-refractivity contribution in [3.05, 3.63) is 47.8 Å². The lowest BCUT2D eigenvalue weighted by molar-refractivity contribution is 0.252. The van der Waals surface area contributed by atoms with Crippen molar-refractivity contribution >= 4 is 0 Å². The second kappa shape index (κ2) is 8.50. The summed E-state index contributed by atoms with van der Waals surface area (Å²) in [7, 11) is 0. The monoisotopic (exact) mass is 344 g/mol. The normalized spacial score (nSPS) is 20.6. The molecule has 1 aliphatic rings. The molecule has 0 N–H and O–H groups in total. The van der Waals surface area contributed by atoms with Crippen molar-refractivity contribution in [1.29, 1.82) is 0 Å². The zero-order valence-electron chi connectivity index (χ0n) is 14.8. The largest absolute Gasteiger partial charge is 0.236 e. The average Bonchev–Trinajstić information content (AvgIpc) is 2.64. The third kappa shape index (κ3) is 4.83. The van der Waals surface area contributed by atoms with Gasteiger partial charge in [0.15, 0.2) is 17.5 Å². The lowest BCUT2D eigenvalue weighted by atomic mass is 9.78. The molecule has 0 atom stereocenters. The summed E-state index contributed by atoms with van der Waals surface area (Å²) >= 11 is 0. The highest BCUT2D eigenvalue weighted by Crippen LogP contribution is 2.33. The molecule has 2 nitrogen and oxygen atoms in total. The van der Waals surface area contributed by atoms with E-state index >= 15 is 0 Å². The van der Waals surface area contributed by atoms with Crippen LogP contribution in [0.1, 0.15) is 57.4 Å². The van der Waals surface area contributed by atoms with Crippen molar-refractivity contribution in [1.82, 2.24) is 9.97 Å². The van der Waals surface area contributed by atoms with Crippen LogP contribution < -0.4 is 0 Å². The number of nitrogens with zero attached hydrogens (tertiary/aromatic N) is 2. The number of benzene rings is 1. The molecule has 1 fully saturated rings. The smallest absolute Gasteiger partial charge is 0.159 e. The summed E-state index contributed by atoms with van der Waals surface area (Å²) in [5.74, 6) is 0.472. The van der Waals surface area contributed by atoms with Crippen LogP contribution in [0.4, 0.5) is 8.78 Å². The maximum absolute atomic E-state index is 13.3. The molecule has 0 spiro atoms. The summed E-state index contributed by atoms with van der Waals surface area (Å²) in [5, 5.41) is 0. The van der Waals surface area contributed by atoms with Gasteiger partial charge in [0, 0.05) is 18.0 Å². The molecule has 1 aliphatic carbocycles. The quantitative estimate of drug-likeness (QED) is 0.646. The van der Waals surface area contributed by atoms with Crippen molar-refractivity contribution in [2.75, 3.05) is 0 Å². The third-order valence-electron chi connectivity index (χ3n) is 5.39. The second-order valence-corrected chi connectivity index (χ2v) is 7.26. The highest BCUT2D eigenvalue weighted by Gasteiger charge is 2.20. The van der Waals surface area contributed by atoms with E-state index in [1.165, 1.54) is 51.0 Å². The molecule has 0 unspecified atom stereocenters. The minimum absolute atomic E-state index is 0.433. The Balaban J connectivity index is 1.52. The van der Waals surface area contributed by atoms with Gasteiger partial charge in [0.05, 0.1) is 0 Å². The molecule has 134 valence electrons. The summed E-state index contributed by atoms with van der Waals surface area (Å²) in [6.07, 6.45) is 13.9. The standard InChI is InChI=1S/C21H26F2N2/c1-2-3-15-4-6-16(7-5-15)8-9-17-13-24-21(25-14-17)18-10-11-19(22)20(23)12-18/h10-16H,2-9H2,1H3. The highest BCUT2D eigenvalue weighted by molar-refractivity contribution is 5.54. The summed E-state index contributed by atoms with van der Waals surface area (Å²) in [4.78, 5) is 8.64. The van der Waals surface area contributed by atoms with Gasteiger partial charge < -0.3 is 0 Å². The first-order valence-electron chi connectivity index (χ1n) is 9.42. The van der Waals surface area contributed by atoms with Crippen LogP contribution >= 0.6 is 0 Å². The topological polar surface area (TPSA) is 25.8 Å². The lowest BCUT2D eigenvalue weighted by Gasteiger charge is -2.28. The number of rotatable bonds is 6. The summed E-state index contributed by atoms with van der Waals surface area (Å²) in [6, 6.07) is 3.75. The first kappa shape index (κ1) is 18.0. The Kier molecular flexibility index (Phi) is 6.11. The minimum atomic E-state index is -0.871. The van der Waals surface area contributed by atoms with E-state index in [4.69, 9.17) is 0 Å². The van der Waals surface area contributed by atoms with E-state index in [1.807, 2.05) is 12.4 Å². The van der Waals surface area contributed by atoms with E-state index in [0.29, 0.717) is 11.4 Å². The van der Waals surface area contributed by atoms with Crippen LogP contribution in [-0.2, 0) is 6.42 Å². The van der Waals surface area contributed by atoms with Crippen molar-refractivity contribution in [2.45, 2.75) is 58.3 Å². The summed E-state index contributed by atoms with van der Waals surface area (Å²) in [5.41, 5.74) is 1.61. The predicted octanol–water partition coefficient (Wildman–Crippen LogP) is 5.96. The van der Waals surface area contributed by atoms with Crippen LogP contribution in [0.5, 0.6) is 0 Å². The van der Waals surface area contributed by atoms with Gasteiger partial charge >= 0.3 is 0 Å². The molecule has 0 saturated heterocycles. The Morgan fingerprint density at radius 2 is 1.56 bits per heavy atom. The van der Waals surface area contributed by atoms with Gasteiger partial charge in [0.1, 0.15) is 0 Å². The summed E-state index contributed by atoms with van der Waals surface area (Å²) in [6.45, 7) is 2.27. The van der Waals surface area contributed by atoms with Crippen LogP contribution in [0, 0.1) is 23.5 Å². The number of hydrogen-bond acceptors (Lipinski definition) is 2. The molecule has 3 rings (SSSR count). The van der Waals surface area contributed by atoms with Crippen molar-refractivity contribution in [2.24, 2.45) is 11.8 Å². The Bertz CT molecular complexity index is 677. The Morgan fingerprint density at radius 1 is 0.920 bits per heavy atom. The molecule has 0 radical (unpaired) electrons. The van der Waals surface area contributed by atoms with E-state index in [1.54, 1.807) is 0 Å². The fourth-order valence-electron chi connectivity index (χ4n) is 3.86. The highest BCUT2D eigenvalue weighted by atomic mass is 19.2. The Hall–Kier alpha value is -1.84. The van der Waals surface area contributed by atoms with Crippen LogP contribution in [0.15, 0.2) is 30.6 Å². The molecule has 1 aromatic carbocycles. The van der Waals surface area contributed by atoms with E-state index in [2.05, 4.69) is 16.9 Å². The van der Waals surface area contributed by atoms with Gasteiger partial charge in [0.2, 0.25) is 0 Å². The number of aryl methyl sites for hydroxylation is 1. The van der Waals surface area contributed by atoms with E-state index in [-0.39, 0.29) is 0 Å². The van der Waals surface area contributed by atoms with Gasteiger partial charge in [-0.3, -0.25) is 0 Å². The van der Waals surface area contributed by atoms with Gasteiger partial charge in [-0.25, -0.2) is 18.7 Å². The fraction of sp³-hybridized carbons (Fsp3) is 0.524. The van der Waals surface area contributed by atoms with Gasteiger partial charge in [-0.15, -0.1) is 0 Å². The van der Waals surface area contributed by atoms with Crippen molar-refractivity contribution in [3.8, 4) is 11.4 Å². The Morgan fingerprint density at radius 3 is 2.16 bits per heavy atom. The fourth-order valence-corrected chi connectivity index (χ4v) is 3.86. The van der Waals surface area contributed by atoms with E-state index in [0.717, 1.165) is 36.0 Å². The first-order chi connectivity index (χ1) is 12.2. The van der Waals surface area contributed by atoms with Gasteiger partial charge in [-0.1, -0.05) is 45.4 Å². The number of halogens is 2. The minimum Gasteiger partial charge on any atom is -0.236 e. The predicted molar refractivity (Wildman–Crippen MR) is 96.1 cm³/mol. The van der Waals surface area contributed by atoms with E-state index < -0.39 is 11.6 Å². The zero-order chi connectivity index (χ0) is 17.6. The lowest BCUT2D eigenvalue weighted by Crippen LogP contribution is -2.15. The molecule has 0 amide bonds. The molecule has 1 aromatic heterocycles. The maximum Gasteiger partial charge on any atom is 0.159 e. The molecular weight excluding hydrogens is 318 g/mol. The van der Waals surface area contributed by atoms with Gasteiger partial charge in [-0.2, -0.15) is 0 Å². The maximum atomic E-state index is 13.3. The van der Waals surface area contributed by atoms with Crippen LogP contribution in [0.2, 0.25) is 0 Å². The number of aromatic nitrogens is 2. The average molecular weight is 344 g/mol. The van der Waals surface area contributed by atoms with Crippen molar-refractivity contribution in [3.63, 3.8) is 0 Å². The van der Waals surface area contributed by atoms with Gasteiger partial charge in [0.25, 0.3) is 0 Å². The zero-order valence-corrected chi connectivity index (χ0v) is 14.8. The molecule has 1 saturated carbocycles. The molecule has 0 bridgehead atoms. The summed E-state index contributed by atoms with van der Waals surface area (Å²) < 4.78 is 26.3. The molecule has 25 heavy (non-hydrogen) atoms. The molecule has 4 heteroatoms. The second-order valence-electron chi connectivity index (χ2n) is 7.26. The van der Waals surface area contributed by atoms with Crippen LogP contribution in [0.25, 0.3) is 11.4 Å². The molecule has 2 aromatic rings. The SMILES string of the molecule is CCCC1CCC(CCc2cnc(-c3ccc(F)c(F)c3)nc2)CC1. The van der Waals surface area contributed by atoms with Crippen LogP contribution in [-0.4, -0.2) is 9.97 Å². The Labute approximate surface area is 148 Å². The molecule has 0 aliphatic heterocycles. The molecular formula is C21H26F2N2. The van der Waals surface area contributed by atoms with Gasteiger partial charge in [-0.05, 0) is 48.4 Å². The van der Waals surface area contributed by atoms with E-state index in [9.17, 15) is 8.78 Å². The van der Waals surface area contributed by atoms with Crippen LogP contribution in [0.3, 0.4) is 0 Å².